The summed E-state index contributed by atoms with van der Waals surface area (Å²) in [7, 11) is 0. The number of rotatable bonds is 3. The van der Waals surface area contributed by atoms with Crippen LogP contribution in [0.3, 0.4) is 0 Å². The molecule has 6 heteroatoms. The van der Waals surface area contributed by atoms with Crippen molar-refractivity contribution in [2.45, 2.75) is 13.0 Å². The zero-order chi connectivity index (χ0) is 13.8. The molecule has 1 heterocycles. The van der Waals surface area contributed by atoms with Gasteiger partial charge < -0.3 is 10.6 Å². The van der Waals surface area contributed by atoms with Gasteiger partial charge in [0.1, 0.15) is 0 Å². The van der Waals surface area contributed by atoms with E-state index in [1.165, 1.54) is 0 Å². The van der Waals surface area contributed by atoms with Crippen LogP contribution in [0.1, 0.15) is 17.8 Å². The highest BCUT2D eigenvalue weighted by molar-refractivity contribution is 9.10. The summed E-state index contributed by atoms with van der Waals surface area (Å²) in [6, 6.07) is 8.95. The predicted octanol–water partition coefficient (Wildman–Crippen LogP) is 5.05. The van der Waals surface area contributed by atoms with Crippen LogP contribution in [0.4, 0.5) is 10.5 Å². The second-order valence-electron chi connectivity index (χ2n) is 3.96. The van der Waals surface area contributed by atoms with Crippen LogP contribution in [0, 0.1) is 0 Å². The van der Waals surface area contributed by atoms with Gasteiger partial charge in [0, 0.05) is 9.35 Å². The van der Waals surface area contributed by atoms with Crippen LogP contribution in [0.25, 0.3) is 0 Å². The van der Waals surface area contributed by atoms with Crippen molar-refractivity contribution in [3.63, 3.8) is 0 Å². The maximum absolute atomic E-state index is 11.9. The molecule has 0 spiro atoms. The van der Waals surface area contributed by atoms with Crippen LogP contribution >= 0.6 is 38.9 Å². The van der Waals surface area contributed by atoms with Crippen LogP contribution in [-0.4, -0.2) is 6.03 Å². The number of anilines is 1. The lowest BCUT2D eigenvalue weighted by Gasteiger charge is -2.14. The lowest BCUT2D eigenvalue weighted by atomic mass is 10.3. The molecule has 0 aliphatic heterocycles. The zero-order valence-corrected chi connectivity index (χ0v) is 13.3. The fraction of sp³-hybridized carbons (Fsp3) is 0.154. The van der Waals surface area contributed by atoms with Gasteiger partial charge in [-0.05, 0) is 36.6 Å². The Hall–Kier alpha value is -1.04. The third-order valence-electron chi connectivity index (χ3n) is 2.50. The number of thiophene rings is 1. The molecule has 0 radical (unpaired) electrons. The Labute approximate surface area is 129 Å². The minimum Gasteiger partial charge on any atom is -0.331 e. The fourth-order valence-corrected chi connectivity index (χ4v) is 3.01. The molecular formula is C13H12BrClN2OS. The van der Waals surface area contributed by atoms with Crippen LogP contribution in [0.2, 0.25) is 5.02 Å². The topological polar surface area (TPSA) is 41.1 Å². The van der Waals surface area contributed by atoms with E-state index in [-0.39, 0.29) is 12.1 Å². The Morgan fingerprint density at radius 3 is 2.84 bits per heavy atom. The van der Waals surface area contributed by atoms with Gasteiger partial charge in [-0.15, -0.1) is 11.3 Å². The van der Waals surface area contributed by atoms with Crippen molar-refractivity contribution < 1.29 is 4.79 Å². The van der Waals surface area contributed by atoms with Crippen LogP contribution in [0.15, 0.2) is 40.2 Å². The van der Waals surface area contributed by atoms with E-state index < -0.39 is 0 Å². The van der Waals surface area contributed by atoms with E-state index in [9.17, 15) is 4.79 Å². The molecule has 2 N–H and O–H groups in total. The van der Waals surface area contributed by atoms with Crippen molar-refractivity contribution in [3.8, 4) is 0 Å². The summed E-state index contributed by atoms with van der Waals surface area (Å²) in [4.78, 5) is 13.0. The number of benzene rings is 1. The Morgan fingerprint density at radius 1 is 1.42 bits per heavy atom. The highest BCUT2D eigenvalue weighted by atomic mass is 79.9. The van der Waals surface area contributed by atoms with Crippen LogP contribution < -0.4 is 10.6 Å². The minimum atomic E-state index is -0.273. The smallest absolute Gasteiger partial charge is 0.319 e. The number of carbonyl (C=O) groups is 1. The van der Waals surface area contributed by atoms with E-state index in [0.717, 1.165) is 9.35 Å². The van der Waals surface area contributed by atoms with Crippen molar-refractivity contribution in [1.82, 2.24) is 5.32 Å². The first kappa shape index (κ1) is 14.4. The normalized spacial score (nSPS) is 11.9. The van der Waals surface area contributed by atoms with Crippen molar-refractivity contribution in [2.75, 3.05) is 5.32 Å². The number of nitrogens with one attached hydrogen (secondary N) is 2. The Bertz CT molecular complexity index is 574. The number of urea groups is 1. The monoisotopic (exact) mass is 358 g/mol. The molecule has 19 heavy (non-hydrogen) atoms. The maximum Gasteiger partial charge on any atom is 0.319 e. The van der Waals surface area contributed by atoms with Gasteiger partial charge in [0.2, 0.25) is 0 Å². The standard InChI is InChI=1S/C13H12BrClN2OS/c1-8(12-3-2-6-19-12)16-13(18)17-11-5-4-9(14)7-10(11)15/h2-8H,1H3,(H2,16,17,18)/t8-/m0/s1. The molecule has 1 atom stereocenters. The molecule has 1 aromatic heterocycles. The van der Waals surface area contributed by atoms with E-state index in [0.29, 0.717) is 10.7 Å². The van der Waals surface area contributed by atoms with Gasteiger partial charge in [-0.25, -0.2) is 4.79 Å². The molecular weight excluding hydrogens is 348 g/mol. The predicted molar refractivity (Wildman–Crippen MR) is 84.0 cm³/mol. The van der Waals surface area contributed by atoms with Crippen molar-refractivity contribution in [1.29, 1.82) is 0 Å². The van der Waals surface area contributed by atoms with Crippen molar-refractivity contribution >= 4 is 50.6 Å². The van der Waals surface area contributed by atoms with Gasteiger partial charge in [-0.1, -0.05) is 33.6 Å². The largest absolute Gasteiger partial charge is 0.331 e. The molecule has 0 aliphatic carbocycles. The average Bonchev–Trinajstić information content (AvgIpc) is 2.86. The van der Waals surface area contributed by atoms with Gasteiger partial charge in [-0.3, -0.25) is 0 Å². The number of carbonyl (C=O) groups excluding carboxylic acids is 1. The summed E-state index contributed by atoms with van der Waals surface area (Å²) >= 11 is 11.0. The summed E-state index contributed by atoms with van der Waals surface area (Å²) < 4.78 is 0.871. The number of amides is 2. The molecule has 1 aromatic carbocycles. The van der Waals surface area contributed by atoms with Crippen molar-refractivity contribution in [2.24, 2.45) is 0 Å². The highest BCUT2D eigenvalue weighted by Crippen LogP contribution is 2.26. The van der Waals surface area contributed by atoms with Gasteiger partial charge in [0.05, 0.1) is 16.8 Å². The summed E-state index contributed by atoms with van der Waals surface area (Å²) in [5, 5.41) is 8.07. The summed E-state index contributed by atoms with van der Waals surface area (Å²) in [5.74, 6) is 0. The molecule has 0 aliphatic rings. The second kappa shape index (κ2) is 6.41. The van der Waals surface area contributed by atoms with Crippen LogP contribution in [0.5, 0.6) is 0 Å². The Morgan fingerprint density at radius 2 is 2.21 bits per heavy atom. The zero-order valence-electron chi connectivity index (χ0n) is 10.1. The lowest BCUT2D eigenvalue weighted by Crippen LogP contribution is -2.30. The van der Waals surface area contributed by atoms with Gasteiger partial charge in [0.25, 0.3) is 0 Å². The maximum atomic E-state index is 11.9. The lowest BCUT2D eigenvalue weighted by molar-refractivity contribution is 0.249. The van der Waals surface area contributed by atoms with Gasteiger partial charge in [-0.2, -0.15) is 0 Å². The molecule has 2 aromatic rings. The van der Waals surface area contributed by atoms with E-state index in [2.05, 4.69) is 26.6 Å². The minimum absolute atomic E-state index is 0.0331. The van der Waals surface area contributed by atoms with E-state index in [1.807, 2.05) is 30.5 Å². The van der Waals surface area contributed by atoms with Gasteiger partial charge in [0.15, 0.2) is 0 Å². The SMILES string of the molecule is C[C@H](NC(=O)Nc1ccc(Br)cc1Cl)c1cccs1. The summed E-state index contributed by atoms with van der Waals surface area (Å²) in [6.07, 6.45) is 0. The number of hydrogen-bond acceptors (Lipinski definition) is 2. The van der Waals surface area contributed by atoms with Crippen LogP contribution in [-0.2, 0) is 0 Å². The second-order valence-corrected chi connectivity index (χ2v) is 6.26. The first-order valence-corrected chi connectivity index (χ1v) is 7.67. The van der Waals surface area contributed by atoms with Gasteiger partial charge >= 0.3 is 6.03 Å². The summed E-state index contributed by atoms with van der Waals surface area (Å²) in [6.45, 7) is 1.94. The van der Waals surface area contributed by atoms with E-state index in [4.69, 9.17) is 11.6 Å². The molecule has 0 bridgehead atoms. The highest BCUT2D eigenvalue weighted by Gasteiger charge is 2.11. The van der Waals surface area contributed by atoms with E-state index >= 15 is 0 Å². The van der Waals surface area contributed by atoms with E-state index in [1.54, 1.807) is 23.5 Å². The third kappa shape index (κ3) is 3.96. The fourth-order valence-electron chi connectivity index (χ4n) is 1.55. The Kier molecular flexibility index (Phi) is 4.85. The molecule has 0 saturated heterocycles. The van der Waals surface area contributed by atoms with Crippen molar-refractivity contribution in [3.05, 3.63) is 50.1 Å². The third-order valence-corrected chi connectivity index (χ3v) is 4.36. The molecule has 100 valence electrons. The number of halogens is 2. The first-order chi connectivity index (χ1) is 9.06. The molecule has 0 unspecified atom stereocenters. The summed E-state index contributed by atoms with van der Waals surface area (Å²) in [5.41, 5.74) is 0.584. The Balaban J connectivity index is 1.98. The number of hydrogen-bond donors (Lipinski definition) is 2. The molecule has 2 rings (SSSR count). The molecule has 0 saturated carbocycles. The molecule has 3 nitrogen and oxygen atoms in total. The quantitative estimate of drug-likeness (QED) is 0.791. The average molecular weight is 360 g/mol. The molecule has 0 fully saturated rings. The first-order valence-electron chi connectivity index (χ1n) is 5.62. The molecule has 2 amide bonds.